The first kappa shape index (κ1) is 20.1. The Kier molecular flexibility index (Phi) is 5.30. The van der Waals surface area contributed by atoms with Crippen molar-refractivity contribution < 1.29 is 18.0 Å². The molecule has 0 N–H and O–H groups in total. The zero-order valence-corrected chi connectivity index (χ0v) is 17.4. The molecule has 4 rings (SSSR count). The van der Waals surface area contributed by atoms with E-state index in [4.69, 9.17) is 0 Å². The highest BCUT2D eigenvalue weighted by Gasteiger charge is 2.25. The van der Waals surface area contributed by atoms with Gasteiger partial charge < -0.3 is 9.80 Å². The fourth-order valence-corrected chi connectivity index (χ4v) is 4.28. The van der Waals surface area contributed by atoms with Crippen molar-refractivity contribution in [1.29, 1.82) is 0 Å². The van der Waals surface area contributed by atoms with Gasteiger partial charge in [-0.15, -0.1) is 0 Å². The van der Waals surface area contributed by atoms with Crippen LogP contribution in [0.1, 0.15) is 20.7 Å². The molecule has 2 amide bonds. The summed E-state index contributed by atoms with van der Waals surface area (Å²) in [6.45, 7) is 1.79. The third-order valence-electron chi connectivity index (χ3n) is 5.38. The van der Waals surface area contributed by atoms with Crippen LogP contribution in [0.4, 0.5) is 0 Å². The second kappa shape index (κ2) is 7.91. The maximum absolute atomic E-state index is 12.9. The molecular weight excluding hydrogens is 400 g/mol. The lowest BCUT2D eigenvalue weighted by molar-refractivity contribution is 0.0535. The summed E-state index contributed by atoms with van der Waals surface area (Å²) in [5.41, 5.74) is 1.08. The summed E-state index contributed by atoms with van der Waals surface area (Å²) in [5.74, 6) is -0.196. The van der Waals surface area contributed by atoms with E-state index < -0.39 is 9.84 Å². The van der Waals surface area contributed by atoms with Gasteiger partial charge >= 0.3 is 0 Å². The van der Waals surface area contributed by atoms with Gasteiger partial charge in [-0.25, -0.2) is 8.42 Å². The number of amides is 2. The molecule has 0 spiro atoms. The lowest BCUT2D eigenvalue weighted by Crippen LogP contribution is -2.50. The average Bonchev–Trinajstić information content (AvgIpc) is 2.77. The van der Waals surface area contributed by atoms with Crippen molar-refractivity contribution in [3.63, 3.8) is 0 Å². The van der Waals surface area contributed by atoms with Crippen LogP contribution >= 0.6 is 0 Å². The van der Waals surface area contributed by atoms with Gasteiger partial charge in [-0.05, 0) is 47.2 Å². The van der Waals surface area contributed by atoms with Gasteiger partial charge in [0.1, 0.15) is 0 Å². The highest BCUT2D eigenvalue weighted by molar-refractivity contribution is 7.90. The molecule has 0 radical (unpaired) electrons. The van der Waals surface area contributed by atoms with Crippen LogP contribution in [0.5, 0.6) is 0 Å². The molecule has 7 heteroatoms. The molecule has 3 aromatic rings. The van der Waals surface area contributed by atoms with Crippen molar-refractivity contribution in [2.24, 2.45) is 0 Å². The first-order valence-corrected chi connectivity index (χ1v) is 11.6. The van der Waals surface area contributed by atoms with Crippen molar-refractivity contribution in [3.05, 3.63) is 77.9 Å². The van der Waals surface area contributed by atoms with E-state index in [-0.39, 0.29) is 16.7 Å². The molecular formula is C23H22N2O4S. The smallest absolute Gasteiger partial charge is 0.253 e. The number of hydrogen-bond acceptors (Lipinski definition) is 4. The Morgan fingerprint density at radius 1 is 0.700 bits per heavy atom. The number of nitrogens with zero attached hydrogens (tertiary/aromatic N) is 2. The van der Waals surface area contributed by atoms with Crippen molar-refractivity contribution in [2.75, 3.05) is 32.4 Å². The molecule has 1 fully saturated rings. The SMILES string of the molecule is CS(=O)(=O)c1ccc(C(=O)N2CCN(C(=O)c3ccc4ccccc4c3)CC2)cc1. The Bertz CT molecular complexity index is 1210. The van der Waals surface area contributed by atoms with Gasteiger partial charge in [0, 0.05) is 43.6 Å². The predicted molar refractivity (Wildman–Crippen MR) is 115 cm³/mol. The highest BCUT2D eigenvalue weighted by atomic mass is 32.2. The van der Waals surface area contributed by atoms with E-state index in [2.05, 4.69) is 0 Å². The molecule has 1 saturated heterocycles. The van der Waals surface area contributed by atoms with E-state index in [9.17, 15) is 18.0 Å². The first-order valence-electron chi connectivity index (χ1n) is 9.70. The lowest BCUT2D eigenvalue weighted by Gasteiger charge is -2.35. The summed E-state index contributed by atoms with van der Waals surface area (Å²) in [6, 6.07) is 19.6. The van der Waals surface area contributed by atoms with Gasteiger partial charge in [0.15, 0.2) is 9.84 Å². The van der Waals surface area contributed by atoms with E-state index in [0.29, 0.717) is 37.3 Å². The van der Waals surface area contributed by atoms with Crippen LogP contribution in [-0.2, 0) is 9.84 Å². The molecule has 6 nitrogen and oxygen atoms in total. The average molecular weight is 423 g/mol. The standard InChI is InChI=1S/C23H22N2O4S/c1-30(28,29)21-10-8-18(9-11-21)22(26)24-12-14-25(15-13-24)23(27)20-7-6-17-4-2-3-5-19(17)16-20/h2-11,16H,12-15H2,1H3. The molecule has 0 saturated carbocycles. The van der Waals surface area contributed by atoms with Crippen LogP contribution < -0.4 is 0 Å². The van der Waals surface area contributed by atoms with Crippen molar-refractivity contribution in [2.45, 2.75) is 4.90 Å². The molecule has 30 heavy (non-hydrogen) atoms. The third-order valence-corrected chi connectivity index (χ3v) is 6.51. The second-order valence-electron chi connectivity index (χ2n) is 7.44. The minimum absolute atomic E-state index is 0.0367. The highest BCUT2D eigenvalue weighted by Crippen LogP contribution is 2.18. The van der Waals surface area contributed by atoms with Crippen molar-refractivity contribution in [3.8, 4) is 0 Å². The Morgan fingerprint density at radius 2 is 1.20 bits per heavy atom. The summed E-state index contributed by atoms with van der Waals surface area (Å²) < 4.78 is 23.1. The number of rotatable bonds is 3. The lowest BCUT2D eigenvalue weighted by atomic mass is 10.1. The van der Waals surface area contributed by atoms with Crippen LogP contribution in [-0.4, -0.2) is 62.5 Å². The Morgan fingerprint density at radius 3 is 1.77 bits per heavy atom. The van der Waals surface area contributed by atoms with E-state index in [0.717, 1.165) is 17.0 Å². The summed E-state index contributed by atoms with van der Waals surface area (Å²) >= 11 is 0. The van der Waals surface area contributed by atoms with Gasteiger partial charge in [0.2, 0.25) is 0 Å². The van der Waals surface area contributed by atoms with E-state index in [1.165, 1.54) is 24.3 Å². The number of benzene rings is 3. The fourth-order valence-electron chi connectivity index (χ4n) is 3.64. The summed E-state index contributed by atoms with van der Waals surface area (Å²) in [6.07, 6.45) is 1.13. The minimum atomic E-state index is -3.30. The van der Waals surface area contributed by atoms with Crippen LogP contribution in [0.3, 0.4) is 0 Å². The molecule has 0 bridgehead atoms. The Hall–Kier alpha value is -3.19. The minimum Gasteiger partial charge on any atom is -0.335 e. The molecule has 0 atom stereocenters. The predicted octanol–water partition coefficient (Wildman–Crippen LogP) is 2.84. The van der Waals surface area contributed by atoms with E-state index in [1.807, 2.05) is 42.5 Å². The third kappa shape index (κ3) is 4.07. The summed E-state index contributed by atoms with van der Waals surface area (Å²) in [5, 5.41) is 2.11. The van der Waals surface area contributed by atoms with E-state index in [1.54, 1.807) is 9.80 Å². The van der Waals surface area contributed by atoms with Gasteiger partial charge in [-0.2, -0.15) is 0 Å². The quantitative estimate of drug-likeness (QED) is 0.651. The molecule has 3 aromatic carbocycles. The van der Waals surface area contributed by atoms with Gasteiger partial charge in [0.25, 0.3) is 11.8 Å². The van der Waals surface area contributed by atoms with Crippen molar-refractivity contribution >= 4 is 32.4 Å². The van der Waals surface area contributed by atoms with Gasteiger partial charge in [0.05, 0.1) is 4.90 Å². The van der Waals surface area contributed by atoms with Crippen LogP contribution in [0.15, 0.2) is 71.6 Å². The van der Waals surface area contributed by atoms with Crippen LogP contribution in [0, 0.1) is 0 Å². The first-order chi connectivity index (χ1) is 14.3. The number of piperazine rings is 1. The number of fused-ring (bicyclic) bond motifs is 1. The van der Waals surface area contributed by atoms with E-state index >= 15 is 0 Å². The van der Waals surface area contributed by atoms with Gasteiger partial charge in [-0.3, -0.25) is 9.59 Å². The zero-order chi connectivity index (χ0) is 21.3. The summed E-state index contributed by atoms with van der Waals surface area (Å²) in [4.78, 5) is 29.3. The topological polar surface area (TPSA) is 74.8 Å². The molecule has 1 heterocycles. The van der Waals surface area contributed by atoms with Crippen LogP contribution in [0.2, 0.25) is 0 Å². The number of hydrogen-bond donors (Lipinski definition) is 0. The van der Waals surface area contributed by atoms with Crippen LogP contribution in [0.25, 0.3) is 10.8 Å². The number of carbonyl (C=O) groups is 2. The monoisotopic (exact) mass is 422 g/mol. The number of carbonyl (C=O) groups excluding carboxylic acids is 2. The van der Waals surface area contributed by atoms with Gasteiger partial charge in [-0.1, -0.05) is 30.3 Å². The zero-order valence-electron chi connectivity index (χ0n) is 16.6. The second-order valence-corrected chi connectivity index (χ2v) is 9.46. The molecule has 1 aliphatic heterocycles. The molecule has 0 unspecified atom stereocenters. The Balaban J connectivity index is 1.41. The van der Waals surface area contributed by atoms with Crippen molar-refractivity contribution in [1.82, 2.24) is 9.80 Å². The molecule has 0 aliphatic carbocycles. The maximum atomic E-state index is 12.9. The largest absolute Gasteiger partial charge is 0.335 e. The molecule has 0 aromatic heterocycles. The maximum Gasteiger partial charge on any atom is 0.253 e. The Labute approximate surface area is 175 Å². The summed E-state index contributed by atoms with van der Waals surface area (Å²) in [7, 11) is -3.30. The fraction of sp³-hybridized carbons (Fsp3) is 0.217. The normalized spacial score (nSPS) is 14.7. The number of sulfone groups is 1. The molecule has 1 aliphatic rings. The molecule has 154 valence electrons.